The van der Waals surface area contributed by atoms with Crippen LogP contribution in [0, 0.1) is 0 Å². The van der Waals surface area contributed by atoms with E-state index in [1.807, 2.05) is 30.3 Å². The number of ether oxygens (including phenoxy) is 1. The Morgan fingerprint density at radius 3 is 2.68 bits per heavy atom. The summed E-state index contributed by atoms with van der Waals surface area (Å²) in [6.45, 7) is 1.66. The molecule has 2 aromatic rings. The molecule has 1 unspecified atom stereocenters. The van der Waals surface area contributed by atoms with Crippen molar-refractivity contribution in [3.05, 3.63) is 59.2 Å². The van der Waals surface area contributed by atoms with E-state index in [2.05, 4.69) is 20.6 Å². The van der Waals surface area contributed by atoms with Crippen molar-refractivity contribution < 1.29 is 9.84 Å². The first kappa shape index (κ1) is 19.0. The van der Waals surface area contributed by atoms with Crippen LogP contribution in [0.4, 0.5) is 0 Å². The summed E-state index contributed by atoms with van der Waals surface area (Å²) in [5.74, 6) is 1.19. The number of nitrogens with one attached hydrogen (secondary N) is 2. The normalized spacial score (nSPS) is 12.5. The Bertz CT molecular complexity index is 650. The second kappa shape index (κ2) is 10.5. The lowest BCUT2D eigenvalue weighted by molar-refractivity contribution is 0.265. The SMILES string of the molecule is CN=C(NCCOc1ccc(Cl)cn1)NCC(CO)c1ccccc1. The molecule has 0 aliphatic heterocycles. The average molecular weight is 363 g/mol. The molecule has 1 aromatic carbocycles. The lowest BCUT2D eigenvalue weighted by Crippen LogP contribution is -2.41. The number of halogens is 1. The molecule has 0 fully saturated rings. The van der Waals surface area contributed by atoms with Gasteiger partial charge in [-0.1, -0.05) is 41.9 Å². The van der Waals surface area contributed by atoms with E-state index in [1.54, 1.807) is 25.4 Å². The van der Waals surface area contributed by atoms with E-state index in [0.717, 1.165) is 5.56 Å². The molecular formula is C18H23ClN4O2. The maximum Gasteiger partial charge on any atom is 0.213 e. The lowest BCUT2D eigenvalue weighted by Gasteiger charge is -2.18. The number of aliphatic hydroxyl groups excluding tert-OH is 1. The molecule has 134 valence electrons. The van der Waals surface area contributed by atoms with Gasteiger partial charge in [0.1, 0.15) is 6.61 Å². The number of aromatic nitrogens is 1. The Balaban J connectivity index is 1.72. The van der Waals surface area contributed by atoms with E-state index in [9.17, 15) is 5.11 Å². The lowest BCUT2D eigenvalue weighted by atomic mass is 10.0. The van der Waals surface area contributed by atoms with Gasteiger partial charge in [-0.15, -0.1) is 0 Å². The van der Waals surface area contributed by atoms with E-state index >= 15 is 0 Å². The first-order valence-electron chi connectivity index (χ1n) is 8.07. The van der Waals surface area contributed by atoms with Crippen molar-refractivity contribution in [1.29, 1.82) is 0 Å². The second-order valence-corrected chi connectivity index (χ2v) is 5.77. The van der Waals surface area contributed by atoms with Crippen LogP contribution in [0.25, 0.3) is 0 Å². The molecule has 1 heterocycles. The molecule has 6 nitrogen and oxygen atoms in total. The van der Waals surface area contributed by atoms with Crippen molar-refractivity contribution in [2.75, 3.05) is 33.4 Å². The summed E-state index contributed by atoms with van der Waals surface area (Å²) in [5.41, 5.74) is 1.09. The number of aliphatic hydroxyl groups is 1. The average Bonchev–Trinajstić information content (AvgIpc) is 2.66. The molecule has 0 amide bonds. The Morgan fingerprint density at radius 1 is 1.24 bits per heavy atom. The van der Waals surface area contributed by atoms with E-state index in [4.69, 9.17) is 16.3 Å². The van der Waals surface area contributed by atoms with Crippen LogP contribution in [-0.2, 0) is 0 Å². The number of aliphatic imine (C=N–C) groups is 1. The highest BCUT2D eigenvalue weighted by molar-refractivity contribution is 6.30. The molecule has 7 heteroatoms. The zero-order chi connectivity index (χ0) is 17.9. The first-order chi connectivity index (χ1) is 12.2. The Hall–Kier alpha value is -2.31. The van der Waals surface area contributed by atoms with E-state index < -0.39 is 0 Å². The summed E-state index contributed by atoms with van der Waals surface area (Å²) >= 11 is 5.78. The third kappa shape index (κ3) is 6.60. The molecule has 0 radical (unpaired) electrons. The van der Waals surface area contributed by atoms with Gasteiger partial charge in [0, 0.05) is 31.8 Å². The van der Waals surface area contributed by atoms with Crippen molar-refractivity contribution in [3.8, 4) is 5.88 Å². The summed E-state index contributed by atoms with van der Waals surface area (Å²) < 4.78 is 5.52. The smallest absolute Gasteiger partial charge is 0.213 e. The summed E-state index contributed by atoms with van der Waals surface area (Å²) in [6.07, 6.45) is 1.55. The molecular weight excluding hydrogens is 340 g/mol. The van der Waals surface area contributed by atoms with Crippen molar-refractivity contribution in [1.82, 2.24) is 15.6 Å². The second-order valence-electron chi connectivity index (χ2n) is 5.33. The molecule has 0 bridgehead atoms. The van der Waals surface area contributed by atoms with Crippen LogP contribution in [0.15, 0.2) is 53.7 Å². The minimum atomic E-state index is 0.00858. The predicted molar refractivity (Wildman–Crippen MR) is 100 cm³/mol. The van der Waals surface area contributed by atoms with Crippen molar-refractivity contribution >= 4 is 17.6 Å². The zero-order valence-electron chi connectivity index (χ0n) is 14.2. The van der Waals surface area contributed by atoms with Gasteiger partial charge >= 0.3 is 0 Å². The van der Waals surface area contributed by atoms with Gasteiger partial charge in [-0.25, -0.2) is 4.98 Å². The predicted octanol–water partition coefficient (Wildman–Crippen LogP) is 2.05. The number of rotatable bonds is 8. The molecule has 3 N–H and O–H groups in total. The molecule has 0 spiro atoms. The van der Waals surface area contributed by atoms with Crippen LogP contribution in [-0.4, -0.2) is 49.4 Å². The largest absolute Gasteiger partial charge is 0.476 e. The van der Waals surface area contributed by atoms with Gasteiger partial charge in [0.25, 0.3) is 0 Å². The monoisotopic (exact) mass is 362 g/mol. The van der Waals surface area contributed by atoms with Crippen molar-refractivity contribution in [2.24, 2.45) is 4.99 Å². The summed E-state index contributed by atoms with van der Waals surface area (Å²) in [5, 5.41) is 16.5. The van der Waals surface area contributed by atoms with Crippen LogP contribution >= 0.6 is 11.6 Å². The van der Waals surface area contributed by atoms with Crippen LogP contribution in [0.2, 0.25) is 5.02 Å². The molecule has 25 heavy (non-hydrogen) atoms. The number of hydrogen-bond acceptors (Lipinski definition) is 4. The van der Waals surface area contributed by atoms with E-state index in [1.165, 1.54) is 0 Å². The highest BCUT2D eigenvalue weighted by atomic mass is 35.5. The van der Waals surface area contributed by atoms with Crippen LogP contribution < -0.4 is 15.4 Å². The highest BCUT2D eigenvalue weighted by Crippen LogP contribution is 2.13. The topological polar surface area (TPSA) is 78.8 Å². The Kier molecular flexibility index (Phi) is 8.01. The van der Waals surface area contributed by atoms with Crippen molar-refractivity contribution in [2.45, 2.75) is 5.92 Å². The van der Waals surface area contributed by atoms with Gasteiger partial charge in [0.2, 0.25) is 5.88 Å². The van der Waals surface area contributed by atoms with Gasteiger partial charge in [-0.3, -0.25) is 4.99 Å². The number of benzene rings is 1. The molecule has 0 aliphatic carbocycles. The Morgan fingerprint density at radius 2 is 2.04 bits per heavy atom. The Labute approximate surface area is 152 Å². The van der Waals surface area contributed by atoms with Crippen molar-refractivity contribution in [3.63, 3.8) is 0 Å². The maximum atomic E-state index is 9.59. The quantitative estimate of drug-likeness (QED) is 0.380. The van der Waals surface area contributed by atoms with E-state index in [-0.39, 0.29) is 12.5 Å². The van der Waals surface area contributed by atoms with Crippen LogP contribution in [0.5, 0.6) is 5.88 Å². The standard InChI is InChI=1S/C18H23ClN4O2/c1-20-18(21-9-10-25-17-8-7-16(19)12-22-17)23-11-15(13-24)14-5-3-2-4-6-14/h2-8,12,15,24H,9-11,13H2,1H3,(H2,20,21,23). The minimum absolute atomic E-state index is 0.00858. The van der Waals surface area contributed by atoms with Gasteiger partial charge in [0.15, 0.2) is 5.96 Å². The fourth-order valence-electron chi connectivity index (χ4n) is 2.23. The van der Waals surface area contributed by atoms with Gasteiger partial charge < -0.3 is 20.5 Å². The number of pyridine rings is 1. The minimum Gasteiger partial charge on any atom is -0.476 e. The fourth-order valence-corrected chi connectivity index (χ4v) is 2.34. The summed E-state index contributed by atoms with van der Waals surface area (Å²) in [4.78, 5) is 8.23. The van der Waals surface area contributed by atoms with Crippen LogP contribution in [0.1, 0.15) is 11.5 Å². The number of guanidine groups is 1. The molecule has 0 saturated carbocycles. The molecule has 0 aliphatic rings. The summed E-state index contributed by atoms with van der Waals surface area (Å²) in [7, 11) is 1.70. The van der Waals surface area contributed by atoms with Gasteiger partial charge in [-0.05, 0) is 11.6 Å². The maximum absolute atomic E-state index is 9.59. The number of nitrogens with zero attached hydrogens (tertiary/aromatic N) is 2. The van der Waals surface area contributed by atoms with Crippen LogP contribution in [0.3, 0.4) is 0 Å². The third-order valence-corrected chi connectivity index (χ3v) is 3.80. The van der Waals surface area contributed by atoms with E-state index in [0.29, 0.717) is 36.6 Å². The highest BCUT2D eigenvalue weighted by Gasteiger charge is 2.10. The molecule has 1 atom stereocenters. The first-order valence-corrected chi connectivity index (χ1v) is 8.45. The summed E-state index contributed by atoms with van der Waals surface area (Å²) in [6, 6.07) is 13.4. The molecule has 1 aromatic heterocycles. The van der Waals surface area contributed by atoms with Gasteiger partial charge in [0.05, 0.1) is 18.2 Å². The molecule has 2 rings (SSSR count). The fraction of sp³-hybridized carbons (Fsp3) is 0.333. The third-order valence-electron chi connectivity index (χ3n) is 3.58. The number of hydrogen-bond donors (Lipinski definition) is 3. The molecule has 0 saturated heterocycles. The van der Waals surface area contributed by atoms with Gasteiger partial charge in [-0.2, -0.15) is 0 Å². The zero-order valence-corrected chi connectivity index (χ0v) is 14.9.